The highest BCUT2D eigenvalue weighted by atomic mass is 16.5. The number of aromatic nitrogens is 2. The molecule has 1 aliphatic rings. The van der Waals surface area contributed by atoms with Crippen molar-refractivity contribution in [3.8, 4) is 0 Å². The lowest BCUT2D eigenvalue weighted by atomic mass is 10.1. The Balaban J connectivity index is 1.44. The van der Waals surface area contributed by atoms with Crippen molar-refractivity contribution in [2.45, 2.75) is 25.7 Å². The number of carbonyl (C=O) groups is 1. The molecule has 4 rings (SSSR count). The van der Waals surface area contributed by atoms with Crippen molar-refractivity contribution in [2.75, 3.05) is 26.2 Å². The van der Waals surface area contributed by atoms with Gasteiger partial charge in [0.25, 0.3) is 0 Å². The fourth-order valence-electron chi connectivity index (χ4n) is 3.84. The summed E-state index contributed by atoms with van der Waals surface area (Å²) in [6.45, 7) is 3.57. The molecular weight excluding hydrogens is 388 g/mol. The molecule has 0 saturated carbocycles. The van der Waals surface area contributed by atoms with Crippen molar-refractivity contribution >= 4 is 5.91 Å². The SMILES string of the molecule is O=C1CN(Cc2cccnc2)CC(OCc2ccncc2)CN1CCc1ccccc1. The molecule has 0 aliphatic carbocycles. The molecule has 160 valence electrons. The summed E-state index contributed by atoms with van der Waals surface area (Å²) < 4.78 is 6.27. The Labute approximate surface area is 183 Å². The maximum atomic E-state index is 13.1. The summed E-state index contributed by atoms with van der Waals surface area (Å²) in [5, 5.41) is 0. The zero-order valence-electron chi connectivity index (χ0n) is 17.6. The van der Waals surface area contributed by atoms with Gasteiger partial charge in [0.2, 0.25) is 5.91 Å². The Morgan fingerprint density at radius 1 is 0.871 bits per heavy atom. The normalized spacial score (nSPS) is 17.5. The van der Waals surface area contributed by atoms with Crippen molar-refractivity contribution in [3.05, 3.63) is 96.1 Å². The van der Waals surface area contributed by atoms with Gasteiger partial charge in [0.15, 0.2) is 0 Å². The Morgan fingerprint density at radius 2 is 1.68 bits per heavy atom. The van der Waals surface area contributed by atoms with Crippen LogP contribution in [0.2, 0.25) is 0 Å². The van der Waals surface area contributed by atoms with E-state index in [2.05, 4.69) is 27.0 Å². The number of benzene rings is 1. The summed E-state index contributed by atoms with van der Waals surface area (Å²) in [6, 6.07) is 18.2. The molecule has 3 aromatic rings. The van der Waals surface area contributed by atoms with Gasteiger partial charge in [0.1, 0.15) is 0 Å². The van der Waals surface area contributed by atoms with Gasteiger partial charge in [-0.2, -0.15) is 0 Å². The number of nitrogens with zero attached hydrogens (tertiary/aromatic N) is 4. The van der Waals surface area contributed by atoms with Gasteiger partial charge in [-0.05, 0) is 41.3 Å². The summed E-state index contributed by atoms with van der Waals surface area (Å²) in [5.74, 6) is 0.148. The Morgan fingerprint density at radius 3 is 2.45 bits per heavy atom. The zero-order valence-corrected chi connectivity index (χ0v) is 17.6. The summed E-state index contributed by atoms with van der Waals surface area (Å²) in [4.78, 5) is 25.5. The van der Waals surface area contributed by atoms with Gasteiger partial charge in [0.05, 0.1) is 19.3 Å². The highest BCUT2D eigenvalue weighted by Gasteiger charge is 2.28. The fraction of sp³-hybridized carbons (Fsp3) is 0.320. The van der Waals surface area contributed by atoms with E-state index in [1.54, 1.807) is 18.6 Å². The first-order valence-electron chi connectivity index (χ1n) is 10.7. The van der Waals surface area contributed by atoms with E-state index in [1.807, 2.05) is 53.6 Å². The second kappa shape index (κ2) is 10.8. The van der Waals surface area contributed by atoms with E-state index < -0.39 is 0 Å². The van der Waals surface area contributed by atoms with Gasteiger partial charge >= 0.3 is 0 Å². The fourth-order valence-corrected chi connectivity index (χ4v) is 3.84. The van der Waals surface area contributed by atoms with E-state index in [4.69, 9.17) is 4.74 Å². The molecule has 2 aromatic heterocycles. The topological polar surface area (TPSA) is 58.6 Å². The lowest BCUT2D eigenvalue weighted by Gasteiger charge is -2.25. The van der Waals surface area contributed by atoms with Gasteiger partial charge in [0, 0.05) is 51.0 Å². The maximum absolute atomic E-state index is 13.1. The van der Waals surface area contributed by atoms with Crippen LogP contribution in [0.1, 0.15) is 16.7 Å². The zero-order chi connectivity index (χ0) is 21.3. The molecule has 6 heteroatoms. The average Bonchev–Trinajstić information content (AvgIpc) is 2.96. The highest BCUT2D eigenvalue weighted by molar-refractivity contribution is 5.78. The molecule has 1 atom stereocenters. The molecule has 0 N–H and O–H groups in total. The van der Waals surface area contributed by atoms with E-state index >= 15 is 0 Å². The third kappa shape index (κ3) is 6.44. The van der Waals surface area contributed by atoms with Crippen LogP contribution >= 0.6 is 0 Å². The third-order valence-electron chi connectivity index (χ3n) is 5.47. The van der Waals surface area contributed by atoms with Gasteiger partial charge in [-0.15, -0.1) is 0 Å². The van der Waals surface area contributed by atoms with Crippen molar-refractivity contribution in [3.63, 3.8) is 0 Å². The molecule has 3 heterocycles. The van der Waals surface area contributed by atoms with Crippen LogP contribution in [0.25, 0.3) is 0 Å². The van der Waals surface area contributed by atoms with Gasteiger partial charge in [-0.25, -0.2) is 0 Å². The number of amides is 1. The first-order chi connectivity index (χ1) is 15.3. The molecule has 1 aliphatic heterocycles. The molecule has 1 aromatic carbocycles. The van der Waals surface area contributed by atoms with Crippen molar-refractivity contribution < 1.29 is 9.53 Å². The Kier molecular flexibility index (Phi) is 7.37. The number of ether oxygens (including phenoxy) is 1. The maximum Gasteiger partial charge on any atom is 0.236 e. The second-order valence-electron chi connectivity index (χ2n) is 7.89. The number of pyridine rings is 2. The molecule has 0 radical (unpaired) electrons. The first kappa shape index (κ1) is 21.2. The van der Waals surface area contributed by atoms with Crippen LogP contribution in [0.15, 0.2) is 79.4 Å². The van der Waals surface area contributed by atoms with E-state index in [1.165, 1.54) is 5.56 Å². The van der Waals surface area contributed by atoms with Crippen LogP contribution in [0.5, 0.6) is 0 Å². The smallest absolute Gasteiger partial charge is 0.236 e. The van der Waals surface area contributed by atoms with Crippen LogP contribution in [0.3, 0.4) is 0 Å². The van der Waals surface area contributed by atoms with Gasteiger partial charge in [-0.1, -0.05) is 36.4 Å². The van der Waals surface area contributed by atoms with Crippen LogP contribution in [-0.4, -0.2) is 58.0 Å². The number of rotatable bonds is 8. The Bertz CT molecular complexity index is 938. The van der Waals surface area contributed by atoms with E-state index in [0.29, 0.717) is 39.3 Å². The van der Waals surface area contributed by atoms with E-state index in [0.717, 1.165) is 17.5 Å². The minimum atomic E-state index is -0.0629. The van der Waals surface area contributed by atoms with Crippen LogP contribution in [-0.2, 0) is 29.1 Å². The minimum absolute atomic E-state index is 0.0629. The number of hydrogen-bond acceptors (Lipinski definition) is 5. The molecule has 1 amide bonds. The summed E-state index contributed by atoms with van der Waals surface area (Å²) in [7, 11) is 0. The molecule has 1 fully saturated rings. The predicted molar refractivity (Wildman–Crippen MR) is 119 cm³/mol. The van der Waals surface area contributed by atoms with Crippen molar-refractivity contribution in [1.82, 2.24) is 19.8 Å². The average molecular weight is 417 g/mol. The highest BCUT2D eigenvalue weighted by Crippen LogP contribution is 2.14. The first-order valence-corrected chi connectivity index (χ1v) is 10.7. The van der Waals surface area contributed by atoms with Crippen LogP contribution in [0, 0.1) is 0 Å². The van der Waals surface area contributed by atoms with E-state index in [9.17, 15) is 4.79 Å². The summed E-state index contributed by atoms with van der Waals surface area (Å²) in [6.07, 6.45) is 7.95. The second-order valence-corrected chi connectivity index (χ2v) is 7.89. The van der Waals surface area contributed by atoms with Crippen LogP contribution in [0.4, 0.5) is 0 Å². The van der Waals surface area contributed by atoms with Crippen molar-refractivity contribution in [1.29, 1.82) is 0 Å². The quantitative estimate of drug-likeness (QED) is 0.565. The summed E-state index contributed by atoms with van der Waals surface area (Å²) in [5.41, 5.74) is 3.42. The Hall–Kier alpha value is -3.09. The minimum Gasteiger partial charge on any atom is -0.370 e. The number of carbonyl (C=O) groups excluding carboxylic acids is 1. The largest absolute Gasteiger partial charge is 0.370 e. The van der Waals surface area contributed by atoms with E-state index in [-0.39, 0.29) is 12.0 Å². The molecule has 0 bridgehead atoms. The van der Waals surface area contributed by atoms with Crippen molar-refractivity contribution in [2.24, 2.45) is 0 Å². The molecule has 31 heavy (non-hydrogen) atoms. The van der Waals surface area contributed by atoms with Crippen LogP contribution < -0.4 is 0 Å². The predicted octanol–water partition coefficient (Wildman–Crippen LogP) is 2.95. The lowest BCUT2D eigenvalue weighted by Crippen LogP contribution is -2.39. The van der Waals surface area contributed by atoms with Gasteiger partial charge < -0.3 is 9.64 Å². The lowest BCUT2D eigenvalue weighted by molar-refractivity contribution is -0.131. The number of hydrogen-bond donors (Lipinski definition) is 0. The molecular formula is C25H28N4O2. The molecule has 1 saturated heterocycles. The van der Waals surface area contributed by atoms with Gasteiger partial charge in [-0.3, -0.25) is 19.7 Å². The standard InChI is InChI=1S/C25H28N4O2/c30-25-19-28(16-23-7-4-11-27-15-23)17-24(31-20-22-8-12-26-13-9-22)18-29(25)14-10-21-5-2-1-3-6-21/h1-9,11-13,15,24H,10,14,16-20H2. The summed E-state index contributed by atoms with van der Waals surface area (Å²) >= 11 is 0. The molecule has 0 spiro atoms. The third-order valence-corrected chi connectivity index (χ3v) is 5.47. The monoisotopic (exact) mass is 416 g/mol. The molecule has 6 nitrogen and oxygen atoms in total. The molecule has 1 unspecified atom stereocenters.